The van der Waals surface area contributed by atoms with Gasteiger partial charge in [0.1, 0.15) is 5.65 Å². The standard InChI is InChI=1S/C45H62N6/c1-40(2,3)39-37(46-34-24-18-19-29-49(34)39)44(11,12)26-25-42(7,8)35-33-23-17-20-30-50(33)48-36(35)43(9,10)27-28-45(13,14)38-31-21-15-16-22-32(31)47-51(38)41(4,5)6/h15-24,29-30H,25-28H2,1-14H3. The summed E-state index contributed by atoms with van der Waals surface area (Å²) in [5.74, 6) is 0. The van der Waals surface area contributed by atoms with Crippen molar-refractivity contribution in [2.24, 2.45) is 0 Å². The van der Waals surface area contributed by atoms with Crippen LogP contribution < -0.4 is 0 Å². The van der Waals surface area contributed by atoms with Gasteiger partial charge in [-0.25, -0.2) is 9.50 Å². The van der Waals surface area contributed by atoms with Crippen LogP contribution >= 0.6 is 0 Å². The van der Waals surface area contributed by atoms with E-state index in [4.69, 9.17) is 15.2 Å². The molecule has 6 nitrogen and oxygen atoms in total. The highest BCUT2D eigenvalue weighted by atomic mass is 15.3. The molecule has 0 atom stereocenters. The summed E-state index contributed by atoms with van der Waals surface area (Å²) in [5, 5.41) is 11.8. The van der Waals surface area contributed by atoms with Crippen LogP contribution in [0.25, 0.3) is 22.1 Å². The molecule has 0 amide bonds. The van der Waals surface area contributed by atoms with Crippen LogP contribution in [0.4, 0.5) is 0 Å². The van der Waals surface area contributed by atoms with Gasteiger partial charge in [-0.1, -0.05) is 106 Å². The maximum atomic E-state index is 5.38. The number of hydrogen-bond donors (Lipinski definition) is 0. The van der Waals surface area contributed by atoms with Gasteiger partial charge < -0.3 is 4.40 Å². The second kappa shape index (κ2) is 12.3. The van der Waals surface area contributed by atoms with Gasteiger partial charge in [0.2, 0.25) is 0 Å². The Kier molecular flexibility index (Phi) is 8.92. The van der Waals surface area contributed by atoms with E-state index in [2.05, 4.69) is 184 Å². The number of nitrogens with zero attached hydrogens (tertiary/aromatic N) is 6. The van der Waals surface area contributed by atoms with E-state index in [9.17, 15) is 0 Å². The number of fused-ring (bicyclic) bond motifs is 3. The lowest BCUT2D eigenvalue weighted by molar-refractivity contribution is 0.296. The molecule has 0 aliphatic rings. The fraction of sp³-hybridized carbons (Fsp3) is 0.533. The summed E-state index contributed by atoms with van der Waals surface area (Å²) < 4.78 is 6.69. The first kappa shape index (κ1) is 36.8. The highest BCUT2D eigenvalue weighted by molar-refractivity contribution is 5.82. The molecule has 0 saturated heterocycles. The average molecular weight is 687 g/mol. The first-order chi connectivity index (χ1) is 23.5. The molecule has 0 N–H and O–H groups in total. The van der Waals surface area contributed by atoms with Crippen molar-refractivity contribution in [2.75, 3.05) is 0 Å². The summed E-state index contributed by atoms with van der Waals surface area (Å²) in [6.45, 7) is 32.9. The van der Waals surface area contributed by atoms with E-state index in [1.54, 1.807) is 0 Å². The molecule has 272 valence electrons. The van der Waals surface area contributed by atoms with Crippen molar-refractivity contribution >= 4 is 22.1 Å². The SMILES string of the molecule is CC(C)(C)c1c(C(C)(C)CCC(C)(C)c2c(C(C)(C)CCC(C)(C)c3c4ccccc4nn3C(C)(C)C)nn3ccccc23)nc2ccccn12. The molecule has 0 fully saturated rings. The van der Waals surface area contributed by atoms with Gasteiger partial charge >= 0.3 is 0 Å². The fourth-order valence-electron chi connectivity index (χ4n) is 8.22. The molecule has 0 saturated carbocycles. The van der Waals surface area contributed by atoms with Crippen LogP contribution in [0.2, 0.25) is 0 Å². The number of hydrogen-bond acceptors (Lipinski definition) is 3. The van der Waals surface area contributed by atoms with Crippen molar-refractivity contribution in [2.45, 2.75) is 155 Å². The van der Waals surface area contributed by atoms with Gasteiger partial charge in [0.25, 0.3) is 0 Å². The molecule has 0 radical (unpaired) electrons. The van der Waals surface area contributed by atoms with E-state index in [0.717, 1.165) is 36.8 Å². The van der Waals surface area contributed by atoms with Crippen LogP contribution in [0.3, 0.4) is 0 Å². The normalized spacial score (nSPS) is 14.0. The van der Waals surface area contributed by atoms with Crippen LogP contribution in [0.15, 0.2) is 73.1 Å². The third-order valence-corrected chi connectivity index (χ3v) is 11.3. The topological polar surface area (TPSA) is 52.4 Å². The van der Waals surface area contributed by atoms with Gasteiger partial charge in [-0.3, -0.25) is 4.68 Å². The van der Waals surface area contributed by atoms with E-state index >= 15 is 0 Å². The van der Waals surface area contributed by atoms with Crippen molar-refractivity contribution in [3.63, 3.8) is 0 Å². The zero-order chi connectivity index (χ0) is 37.4. The fourth-order valence-corrected chi connectivity index (χ4v) is 8.22. The predicted octanol–water partition coefficient (Wildman–Crippen LogP) is 11.5. The summed E-state index contributed by atoms with van der Waals surface area (Å²) in [4.78, 5) is 5.27. The molecule has 5 aromatic heterocycles. The molecule has 0 bridgehead atoms. The highest BCUT2D eigenvalue weighted by Crippen LogP contribution is 2.46. The number of rotatable bonds is 10. The second-order valence-electron chi connectivity index (χ2n) is 19.7. The average Bonchev–Trinajstić information content (AvgIpc) is 3.76. The molecule has 5 heterocycles. The molecule has 0 spiro atoms. The number of benzene rings is 1. The molecule has 0 unspecified atom stereocenters. The van der Waals surface area contributed by atoms with Crippen molar-refractivity contribution in [3.05, 3.63) is 101 Å². The summed E-state index contributed by atoms with van der Waals surface area (Å²) >= 11 is 0. The third kappa shape index (κ3) is 6.76. The van der Waals surface area contributed by atoms with Gasteiger partial charge in [-0.05, 0) is 82.2 Å². The monoisotopic (exact) mass is 687 g/mol. The molecule has 6 rings (SSSR count). The Morgan fingerprint density at radius 2 is 1.10 bits per heavy atom. The summed E-state index contributed by atoms with van der Waals surface area (Å²) in [7, 11) is 0. The predicted molar refractivity (Wildman–Crippen MR) is 214 cm³/mol. The Morgan fingerprint density at radius 1 is 0.529 bits per heavy atom. The largest absolute Gasteiger partial charge is 0.303 e. The Morgan fingerprint density at radius 3 is 1.76 bits per heavy atom. The minimum Gasteiger partial charge on any atom is -0.303 e. The molecule has 0 aliphatic heterocycles. The Hall–Kier alpha value is -3.93. The smallest absolute Gasteiger partial charge is 0.137 e. The summed E-state index contributed by atoms with van der Waals surface area (Å²) in [6, 6.07) is 21.5. The van der Waals surface area contributed by atoms with Crippen molar-refractivity contribution in [1.82, 2.24) is 28.8 Å². The molecular weight excluding hydrogens is 625 g/mol. The Bertz CT molecular complexity index is 2180. The summed E-state index contributed by atoms with van der Waals surface area (Å²) in [5.41, 5.74) is 9.08. The molecule has 1 aromatic carbocycles. The Balaban J connectivity index is 1.34. The third-order valence-electron chi connectivity index (χ3n) is 11.3. The number of pyridine rings is 2. The molecular formula is C45H62N6. The van der Waals surface area contributed by atoms with Gasteiger partial charge in [0, 0.05) is 45.0 Å². The van der Waals surface area contributed by atoms with Crippen molar-refractivity contribution in [1.29, 1.82) is 0 Å². The molecule has 6 aromatic rings. The zero-order valence-electron chi connectivity index (χ0n) is 33.9. The van der Waals surface area contributed by atoms with E-state index in [0.29, 0.717) is 0 Å². The second-order valence-corrected chi connectivity index (χ2v) is 19.7. The highest BCUT2D eigenvalue weighted by Gasteiger charge is 2.40. The van der Waals surface area contributed by atoms with Crippen molar-refractivity contribution in [3.8, 4) is 0 Å². The van der Waals surface area contributed by atoms with Crippen LogP contribution in [-0.2, 0) is 32.6 Å². The van der Waals surface area contributed by atoms with Crippen molar-refractivity contribution < 1.29 is 0 Å². The molecule has 0 aliphatic carbocycles. The van der Waals surface area contributed by atoms with Gasteiger partial charge in [0.15, 0.2) is 0 Å². The summed E-state index contributed by atoms with van der Waals surface area (Å²) in [6.07, 6.45) is 8.31. The minimum atomic E-state index is -0.158. The van der Waals surface area contributed by atoms with E-state index < -0.39 is 0 Å². The maximum Gasteiger partial charge on any atom is 0.137 e. The molecule has 6 heteroatoms. The zero-order valence-corrected chi connectivity index (χ0v) is 33.9. The van der Waals surface area contributed by atoms with Gasteiger partial charge in [-0.2, -0.15) is 10.2 Å². The van der Waals surface area contributed by atoms with Gasteiger partial charge in [0.05, 0.1) is 39.3 Å². The number of aromatic nitrogens is 6. The Labute approximate surface area is 306 Å². The molecule has 51 heavy (non-hydrogen) atoms. The lowest BCUT2D eigenvalue weighted by atomic mass is 9.68. The number of imidazole rings is 1. The van der Waals surface area contributed by atoms with Crippen LogP contribution in [0.5, 0.6) is 0 Å². The van der Waals surface area contributed by atoms with E-state index in [1.807, 2.05) is 0 Å². The maximum absolute atomic E-state index is 5.38. The van der Waals surface area contributed by atoms with E-state index in [-0.39, 0.29) is 32.6 Å². The lowest BCUT2D eigenvalue weighted by Gasteiger charge is -2.36. The van der Waals surface area contributed by atoms with Crippen LogP contribution in [0, 0.1) is 0 Å². The lowest BCUT2D eigenvalue weighted by Crippen LogP contribution is -2.33. The van der Waals surface area contributed by atoms with Crippen LogP contribution in [0.1, 0.15) is 151 Å². The first-order valence-electron chi connectivity index (χ1n) is 19.0. The van der Waals surface area contributed by atoms with Crippen LogP contribution in [-0.4, -0.2) is 28.8 Å². The quantitative estimate of drug-likeness (QED) is 0.144. The first-order valence-corrected chi connectivity index (χ1v) is 19.0. The van der Waals surface area contributed by atoms with Gasteiger partial charge in [-0.15, -0.1) is 0 Å². The minimum absolute atomic E-state index is 0.0346. The van der Waals surface area contributed by atoms with E-state index in [1.165, 1.54) is 39.2 Å².